The molecule has 122 valence electrons. The number of piperazine rings is 1. The molecule has 3 rings (SSSR count). The van der Waals surface area contributed by atoms with Gasteiger partial charge in [0.15, 0.2) is 0 Å². The van der Waals surface area contributed by atoms with Gasteiger partial charge in [0.2, 0.25) is 0 Å². The molecular weight excluding hydrogens is 292 g/mol. The van der Waals surface area contributed by atoms with E-state index in [1.807, 2.05) is 25.1 Å². The number of anilines is 2. The molecule has 1 aromatic heterocycles. The van der Waals surface area contributed by atoms with Crippen LogP contribution in [0.3, 0.4) is 0 Å². The monoisotopic (exact) mass is 314 g/mol. The Morgan fingerprint density at radius 2 is 1.65 bits per heavy atom. The van der Waals surface area contributed by atoms with Gasteiger partial charge in [-0.05, 0) is 18.6 Å². The van der Waals surface area contributed by atoms with Crippen molar-refractivity contribution in [2.45, 2.75) is 19.9 Å². The molecule has 6 nitrogen and oxygen atoms in total. The predicted octanol–water partition coefficient (Wildman–Crippen LogP) is 1.27. The van der Waals surface area contributed by atoms with Crippen LogP contribution in [0.2, 0.25) is 0 Å². The van der Waals surface area contributed by atoms with Gasteiger partial charge < -0.3 is 9.80 Å². The Morgan fingerprint density at radius 1 is 1.00 bits per heavy atom. The quantitative estimate of drug-likeness (QED) is 0.923. The van der Waals surface area contributed by atoms with Crippen LogP contribution in [0.15, 0.2) is 46.0 Å². The van der Waals surface area contributed by atoms with E-state index in [0.717, 1.165) is 32.6 Å². The first-order valence-corrected chi connectivity index (χ1v) is 8.08. The second-order valence-corrected chi connectivity index (χ2v) is 5.76. The summed E-state index contributed by atoms with van der Waals surface area (Å²) in [7, 11) is 0. The summed E-state index contributed by atoms with van der Waals surface area (Å²) >= 11 is 0. The highest BCUT2D eigenvalue weighted by Crippen LogP contribution is 2.17. The van der Waals surface area contributed by atoms with Crippen LogP contribution in [0.1, 0.15) is 13.3 Å². The van der Waals surface area contributed by atoms with Crippen LogP contribution in [-0.2, 0) is 6.54 Å². The molecule has 1 aliphatic rings. The van der Waals surface area contributed by atoms with Crippen molar-refractivity contribution in [3.8, 4) is 0 Å². The lowest BCUT2D eigenvalue weighted by Gasteiger charge is -2.36. The van der Waals surface area contributed by atoms with Gasteiger partial charge in [0, 0.05) is 44.5 Å². The van der Waals surface area contributed by atoms with Crippen molar-refractivity contribution in [2.75, 3.05) is 36.0 Å². The maximum absolute atomic E-state index is 12.1. The maximum atomic E-state index is 12.1. The van der Waals surface area contributed by atoms with E-state index in [9.17, 15) is 9.59 Å². The molecule has 0 saturated carbocycles. The molecule has 0 spiro atoms. The van der Waals surface area contributed by atoms with Gasteiger partial charge in [-0.1, -0.05) is 25.1 Å². The minimum atomic E-state index is -0.320. The number of H-pyrrole nitrogens is 1. The van der Waals surface area contributed by atoms with Gasteiger partial charge in [0.1, 0.15) is 5.82 Å². The standard InChI is InChI=1S/C17H22N4O2/c1-2-8-21-16(22)13-15(18-17(21)23)20-11-9-19(10-12-20)14-6-4-3-5-7-14/h3-7,13H,2,8-12H2,1H3,(H,18,23). The van der Waals surface area contributed by atoms with Crippen LogP contribution in [0, 0.1) is 0 Å². The summed E-state index contributed by atoms with van der Waals surface area (Å²) in [5.74, 6) is 0.625. The third-order valence-corrected chi connectivity index (χ3v) is 4.20. The third kappa shape index (κ3) is 3.31. The van der Waals surface area contributed by atoms with Gasteiger partial charge in [0.05, 0.1) is 0 Å². The summed E-state index contributed by atoms with van der Waals surface area (Å²) in [4.78, 5) is 31.4. The van der Waals surface area contributed by atoms with Crippen molar-refractivity contribution < 1.29 is 0 Å². The highest BCUT2D eigenvalue weighted by atomic mass is 16.2. The van der Waals surface area contributed by atoms with Crippen LogP contribution >= 0.6 is 0 Å². The number of nitrogens with one attached hydrogen (secondary N) is 1. The molecule has 0 unspecified atom stereocenters. The molecule has 23 heavy (non-hydrogen) atoms. The zero-order valence-electron chi connectivity index (χ0n) is 13.4. The van der Waals surface area contributed by atoms with Crippen LogP contribution < -0.4 is 21.0 Å². The van der Waals surface area contributed by atoms with Crippen LogP contribution in [0.5, 0.6) is 0 Å². The van der Waals surface area contributed by atoms with Gasteiger partial charge >= 0.3 is 5.69 Å². The number of nitrogens with zero attached hydrogens (tertiary/aromatic N) is 3. The van der Waals surface area contributed by atoms with Gasteiger partial charge in [0.25, 0.3) is 5.56 Å². The van der Waals surface area contributed by atoms with Crippen molar-refractivity contribution in [1.29, 1.82) is 0 Å². The van der Waals surface area contributed by atoms with Crippen molar-refractivity contribution >= 4 is 11.5 Å². The Hall–Kier alpha value is -2.50. The van der Waals surface area contributed by atoms with Crippen molar-refractivity contribution in [3.63, 3.8) is 0 Å². The number of aromatic nitrogens is 2. The molecule has 2 heterocycles. The Labute approximate surface area is 135 Å². The number of rotatable bonds is 4. The van der Waals surface area contributed by atoms with Crippen molar-refractivity contribution in [1.82, 2.24) is 9.55 Å². The smallest absolute Gasteiger partial charge is 0.329 e. The summed E-state index contributed by atoms with van der Waals surface area (Å²) < 4.78 is 1.25. The summed E-state index contributed by atoms with van der Waals surface area (Å²) in [5.41, 5.74) is 0.662. The third-order valence-electron chi connectivity index (χ3n) is 4.20. The normalized spacial score (nSPS) is 15.0. The van der Waals surface area contributed by atoms with Gasteiger partial charge in [-0.3, -0.25) is 14.3 Å². The molecule has 0 aliphatic carbocycles. The summed E-state index contributed by atoms with van der Waals surface area (Å²) in [5, 5.41) is 0. The second-order valence-electron chi connectivity index (χ2n) is 5.76. The molecule has 1 saturated heterocycles. The Balaban J connectivity index is 1.73. The van der Waals surface area contributed by atoms with Crippen molar-refractivity contribution in [3.05, 3.63) is 57.2 Å². The van der Waals surface area contributed by atoms with Gasteiger partial charge in [-0.25, -0.2) is 4.79 Å². The maximum Gasteiger partial charge on any atom is 0.329 e. The molecule has 2 aromatic rings. The van der Waals surface area contributed by atoms with E-state index in [1.165, 1.54) is 16.3 Å². The number of aromatic amines is 1. The van der Waals surface area contributed by atoms with Crippen LogP contribution in [0.25, 0.3) is 0 Å². The molecule has 0 amide bonds. The zero-order chi connectivity index (χ0) is 16.2. The lowest BCUT2D eigenvalue weighted by molar-refractivity contribution is 0.602. The number of hydrogen-bond donors (Lipinski definition) is 1. The molecular formula is C17H22N4O2. The van der Waals surface area contributed by atoms with E-state index < -0.39 is 0 Å². The fourth-order valence-electron chi connectivity index (χ4n) is 2.96. The van der Waals surface area contributed by atoms with E-state index in [1.54, 1.807) is 0 Å². The van der Waals surface area contributed by atoms with E-state index in [-0.39, 0.29) is 11.2 Å². The lowest BCUT2D eigenvalue weighted by Crippen LogP contribution is -2.48. The minimum absolute atomic E-state index is 0.226. The first kappa shape index (κ1) is 15.4. The largest absolute Gasteiger partial charge is 0.368 e. The number of para-hydroxylation sites is 1. The van der Waals surface area contributed by atoms with Crippen LogP contribution in [0.4, 0.5) is 11.5 Å². The van der Waals surface area contributed by atoms with Gasteiger partial charge in [-0.2, -0.15) is 0 Å². The molecule has 1 aliphatic heterocycles. The van der Waals surface area contributed by atoms with Crippen molar-refractivity contribution in [2.24, 2.45) is 0 Å². The molecule has 0 bridgehead atoms. The highest BCUT2D eigenvalue weighted by molar-refractivity contribution is 5.48. The van der Waals surface area contributed by atoms with Gasteiger partial charge in [-0.15, -0.1) is 0 Å². The van der Waals surface area contributed by atoms with E-state index in [0.29, 0.717) is 12.4 Å². The number of benzene rings is 1. The molecule has 0 radical (unpaired) electrons. The zero-order valence-corrected chi connectivity index (χ0v) is 13.4. The molecule has 1 fully saturated rings. The van der Waals surface area contributed by atoms with E-state index in [2.05, 4.69) is 26.9 Å². The Morgan fingerprint density at radius 3 is 2.26 bits per heavy atom. The predicted molar refractivity (Wildman–Crippen MR) is 92.5 cm³/mol. The first-order valence-electron chi connectivity index (χ1n) is 8.08. The van der Waals surface area contributed by atoms with E-state index in [4.69, 9.17) is 0 Å². The topological polar surface area (TPSA) is 61.3 Å². The first-order chi connectivity index (χ1) is 11.2. The SMILES string of the molecule is CCCn1c(=O)cc(N2CCN(c3ccccc3)CC2)[nH]c1=O. The molecule has 1 aromatic carbocycles. The summed E-state index contributed by atoms with van der Waals surface area (Å²) in [6, 6.07) is 11.8. The average molecular weight is 314 g/mol. The molecule has 1 N–H and O–H groups in total. The molecule has 0 atom stereocenters. The summed E-state index contributed by atoms with van der Waals surface area (Å²) in [6.07, 6.45) is 0.762. The van der Waals surface area contributed by atoms with E-state index >= 15 is 0 Å². The second kappa shape index (κ2) is 6.73. The Kier molecular flexibility index (Phi) is 4.50. The highest BCUT2D eigenvalue weighted by Gasteiger charge is 2.19. The fourth-order valence-corrected chi connectivity index (χ4v) is 2.96. The molecule has 6 heteroatoms. The Bertz CT molecular complexity index is 727. The lowest BCUT2D eigenvalue weighted by atomic mass is 10.2. The fraction of sp³-hybridized carbons (Fsp3) is 0.412. The van der Waals surface area contributed by atoms with Crippen LogP contribution in [-0.4, -0.2) is 35.7 Å². The average Bonchev–Trinajstić information content (AvgIpc) is 2.59. The summed E-state index contributed by atoms with van der Waals surface area (Å²) in [6.45, 7) is 5.69. The minimum Gasteiger partial charge on any atom is -0.368 e. The number of hydrogen-bond acceptors (Lipinski definition) is 4.